The van der Waals surface area contributed by atoms with Crippen molar-refractivity contribution in [2.75, 3.05) is 0 Å². The van der Waals surface area contributed by atoms with Crippen molar-refractivity contribution in [3.8, 4) is 33.4 Å². The van der Waals surface area contributed by atoms with Crippen LogP contribution in [0.25, 0.3) is 75.5 Å². The van der Waals surface area contributed by atoms with Gasteiger partial charge in [-0.2, -0.15) is 0 Å². The van der Waals surface area contributed by atoms with Crippen LogP contribution in [0.5, 0.6) is 0 Å². The highest BCUT2D eigenvalue weighted by molar-refractivity contribution is 7.26. The number of rotatable bonds is 2. The first-order valence-electron chi connectivity index (χ1n) is 13.9. The third kappa shape index (κ3) is 3.20. The fourth-order valence-corrected chi connectivity index (χ4v) is 7.91. The van der Waals surface area contributed by atoms with Crippen molar-refractivity contribution in [1.29, 1.82) is 0 Å². The van der Waals surface area contributed by atoms with Crippen molar-refractivity contribution >= 4 is 53.4 Å². The molecular formula is C38H24OS. The van der Waals surface area contributed by atoms with E-state index in [-0.39, 0.29) is 0 Å². The summed E-state index contributed by atoms with van der Waals surface area (Å²) in [5.74, 6) is 0. The summed E-state index contributed by atoms with van der Waals surface area (Å²) < 4.78 is 9.04. The van der Waals surface area contributed by atoms with Crippen LogP contribution < -0.4 is 0 Å². The van der Waals surface area contributed by atoms with Crippen LogP contribution in [-0.2, 0) is 12.8 Å². The van der Waals surface area contributed by atoms with E-state index in [1.165, 1.54) is 59.1 Å². The fraction of sp³-hybridized carbons (Fsp3) is 0.0526. The average Bonchev–Trinajstić information content (AvgIpc) is 3.58. The van der Waals surface area contributed by atoms with Crippen LogP contribution in [0.1, 0.15) is 11.1 Å². The number of thiophene rings is 1. The molecule has 0 amide bonds. The molecule has 9 rings (SSSR count). The van der Waals surface area contributed by atoms with E-state index in [0.29, 0.717) is 0 Å². The summed E-state index contributed by atoms with van der Waals surface area (Å²) in [5.41, 5.74) is 12.5. The highest BCUT2D eigenvalue weighted by atomic mass is 32.1. The van der Waals surface area contributed by atoms with Gasteiger partial charge in [0.2, 0.25) is 0 Å². The Hall–Kier alpha value is -4.66. The maximum atomic E-state index is 6.31. The van der Waals surface area contributed by atoms with Crippen molar-refractivity contribution in [3.63, 3.8) is 0 Å². The molecule has 0 atom stereocenters. The van der Waals surface area contributed by atoms with Gasteiger partial charge in [0.1, 0.15) is 11.2 Å². The van der Waals surface area contributed by atoms with Crippen molar-refractivity contribution in [2.45, 2.75) is 12.8 Å². The van der Waals surface area contributed by atoms with E-state index >= 15 is 0 Å². The monoisotopic (exact) mass is 528 g/mol. The summed E-state index contributed by atoms with van der Waals surface area (Å²) >= 11 is 1.92. The second-order valence-electron chi connectivity index (χ2n) is 10.8. The predicted octanol–water partition coefficient (Wildman–Crippen LogP) is 11.1. The Morgan fingerprint density at radius 1 is 0.475 bits per heavy atom. The minimum absolute atomic E-state index is 0.933. The molecule has 2 heteroatoms. The van der Waals surface area contributed by atoms with Crippen molar-refractivity contribution in [1.82, 2.24) is 0 Å². The molecule has 188 valence electrons. The molecule has 8 aromatic rings. The zero-order chi connectivity index (χ0) is 26.2. The summed E-state index contributed by atoms with van der Waals surface area (Å²) in [6.45, 7) is 0. The van der Waals surface area contributed by atoms with Gasteiger partial charge in [-0.3, -0.25) is 0 Å². The molecule has 0 saturated heterocycles. The summed E-state index contributed by atoms with van der Waals surface area (Å²) in [7, 11) is 0. The zero-order valence-corrected chi connectivity index (χ0v) is 22.6. The lowest BCUT2D eigenvalue weighted by molar-refractivity contribution is 0.670. The smallest absolute Gasteiger partial charge is 0.143 e. The summed E-state index contributed by atoms with van der Waals surface area (Å²) in [6, 6.07) is 44.3. The topological polar surface area (TPSA) is 13.1 Å². The first-order chi connectivity index (χ1) is 19.8. The lowest BCUT2D eigenvalue weighted by Gasteiger charge is -2.19. The molecule has 0 N–H and O–H groups in total. The molecule has 6 aromatic carbocycles. The summed E-state index contributed by atoms with van der Waals surface area (Å²) in [4.78, 5) is 0. The van der Waals surface area contributed by atoms with Gasteiger partial charge in [0.25, 0.3) is 0 Å². The SMILES string of the molecule is c1ccc2c(c1)CCc1cc3c(cc1-2)sc1c(-c2ccc(-c4cccc5c4oc4ccccc45)cc2)cccc13. The predicted molar refractivity (Wildman–Crippen MR) is 170 cm³/mol. The average molecular weight is 529 g/mol. The van der Waals surface area contributed by atoms with Crippen LogP contribution in [0.3, 0.4) is 0 Å². The largest absolute Gasteiger partial charge is 0.455 e. The van der Waals surface area contributed by atoms with Crippen LogP contribution in [0.2, 0.25) is 0 Å². The molecule has 40 heavy (non-hydrogen) atoms. The Kier molecular flexibility index (Phi) is 4.67. The van der Waals surface area contributed by atoms with Crippen LogP contribution in [0.15, 0.2) is 126 Å². The molecule has 1 nitrogen and oxygen atoms in total. The quantitative estimate of drug-likeness (QED) is 0.217. The van der Waals surface area contributed by atoms with E-state index in [0.717, 1.165) is 40.3 Å². The molecule has 0 spiro atoms. The van der Waals surface area contributed by atoms with Crippen molar-refractivity contribution < 1.29 is 4.42 Å². The minimum atomic E-state index is 0.933. The van der Waals surface area contributed by atoms with E-state index in [1.54, 1.807) is 0 Å². The van der Waals surface area contributed by atoms with Gasteiger partial charge < -0.3 is 4.42 Å². The van der Waals surface area contributed by atoms with Crippen LogP contribution in [0.4, 0.5) is 0 Å². The highest BCUT2D eigenvalue weighted by Crippen LogP contribution is 2.44. The summed E-state index contributed by atoms with van der Waals surface area (Å²) in [5, 5.41) is 5.07. The Morgan fingerprint density at radius 3 is 2.05 bits per heavy atom. The Labute approximate surface area is 235 Å². The van der Waals surface area contributed by atoms with Gasteiger partial charge in [0, 0.05) is 36.5 Å². The van der Waals surface area contributed by atoms with Gasteiger partial charge in [-0.05, 0) is 70.0 Å². The van der Waals surface area contributed by atoms with Gasteiger partial charge in [0.05, 0.1) is 0 Å². The second kappa shape index (κ2) is 8.42. The molecule has 0 aliphatic heterocycles. The lowest BCUT2D eigenvalue weighted by atomic mass is 9.85. The van der Waals surface area contributed by atoms with E-state index in [1.807, 2.05) is 23.5 Å². The van der Waals surface area contributed by atoms with E-state index in [4.69, 9.17) is 4.42 Å². The molecule has 0 unspecified atom stereocenters. The molecular weight excluding hydrogens is 504 g/mol. The zero-order valence-electron chi connectivity index (χ0n) is 21.8. The molecule has 0 saturated carbocycles. The molecule has 0 fully saturated rings. The number of para-hydroxylation sites is 2. The van der Waals surface area contributed by atoms with Gasteiger partial charge in [-0.15, -0.1) is 11.3 Å². The van der Waals surface area contributed by atoms with E-state index in [9.17, 15) is 0 Å². The third-order valence-corrected chi connectivity index (χ3v) is 9.81. The second-order valence-corrected chi connectivity index (χ2v) is 11.9. The number of hydrogen-bond acceptors (Lipinski definition) is 2. The van der Waals surface area contributed by atoms with Gasteiger partial charge >= 0.3 is 0 Å². The number of hydrogen-bond donors (Lipinski definition) is 0. The standard InChI is InChI=1S/C38H24OS/c1-2-8-27-23(7-1)19-20-26-21-34-32-13-6-11-29(38(32)40-36(34)22-33(26)27)25-17-15-24(16-18-25)28-10-5-12-31-30-9-3-4-14-35(30)39-37(28)31/h1-18,21-22H,19-20H2. The summed E-state index contributed by atoms with van der Waals surface area (Å²) in [6.07, 6.45) is 2.23. The molecule has 0 radical (unpaired) electrons. The first kappa shape index (κ1) is 22.2. The Morgan fingerprint density at radius 2 is 1.15 bits per heavy atom. The van der Waals surface area contributed by atoms with Crippen molar-refractivity contribution in [3.05, 3.63) is 132 Å². The van der Waals surface area contributed by atoms with Crippen LogP contribution >= 0.6 is 11.3 Å². The molecule has 0 bridgehead atoms. The number of furan rings is 1. The molecule has 2 heterocycles. The van der Waals surface area contributed by atoms with Crippen molar-refractivity contribution in [2.24, 2.45) is 0 Å². The number of aryl methyl sites for hydroxylation is 2. The maximum absolute atomic E-state index is 6.31. The molecule has 1 aliphatic carbocycles. The third-order valence-electron chi connectivity index (χ3n) is 8.61. The van der Waals surface area contributed by atoms with Crippen LogP contribution in [-0.4, -0.2) is 0 Å². The molecule has 2 aromatic heterocycles. The maximum Gasteiger partial charge on any atom is 0.143 e. The van der Waals surface area contributed by atoms with E-state index in [2.05, 4.69) is 109 Å². The Bertz CT molecular complexity index is 2260. The van der Waals surface area contributed by atoms with Crippen LogP contribution in [0, 0.1) is 0 Å². The normalized spacial score (nSPS) is 12.8. The van der Waals surface area contributed by atoms with Gasteiger partial charge in [-0.1, -0.05) is 103 Å². The first-order valence-corrected chi connectivity index (χ1v) is 14.7. The molecule has 1 aliphatic rings. The highest BCUT2D eigenvalue weighted by Gasteiger charge is 2.19. The van der Waals surface area contributed by atoms with Gasteiger partial charge in [0.15, 0.2) is 0 Å². The van der Waals surface area contributed by atoms with Gasteiger partial charge in [-0.25, -0.2) is 0 Å². The fourth-order valence-electron chi connectivity index (χ4n) is 6.65. The Balaban J connectivity index is 1.17. The number of fused-ring (bicyclic) bond motifs is 9. The minimum Gasteiger partial charge on any atom is -0.455 e. The lowest BCUT2D eigenvalue weighted by Crippen LogP contribution is -2.03. The van der Waals surface area contributed by atoms with E-state index < -0.39 is 0 Å². The number of benzene rings is 6.